The lowest BCUT2D eigenvalue weighted by atomic mass is 10.1. The van der Waals surface area contributed by atoms with Gasteiger partial charge in [0.2, 0.25) is 0 Å². The van der Waals surface area contributed by atoms with Crippen molar-refractivity contribution in [3.05, 3.63) is 60.4 Å². The molecular weight excluding hydrogens is 250 g/mol. The highest BCUT2D eigenvalue weighted by Gasteiger charge is 2.11. The van der Waals surface area contributed by atoms with E-state index in [1.807, 2.05) is 30.3 Å². The van der Waals surface area contributed by atoms with Crippen molar-refractivity contribution in [1.82, 2.24) is 20.2 Å². The van der Waals surface area contributed by atoms with Crippen LogP contribution in [0.2, 0.25) is 0 Å². The smallest absolute Gasteiger partial charge is 0.129 e. The average molecular weight is 259 g/mol. The summed E-state index contributed by atoms with van der Waals surface area (Å²) in [7, 11) is 0. The minimum Gasteiger partial charge on any atom is -0.255 e. The Kier molecular flexibility index (Phi) is 3.13. The standard InChI is InChI=1S/C15H9N5/c16-10-11-9-14(12-5-1-3-7-17-12)19-20-15(11)13-6-2-4-8-18-13/h1-9H. The maximum atomic E-state index is 9.29. The second kappa shape index (κ2) is 5.24. The van der Waals surface area contributed by atoms with Gasteiger partial charge in [0.15, 0.2) is 0 Å². The van der Waals surface area contributed by atoms with Gasteiger partial charge in [-0.15, -0.1) is 10.2 Å². The topological polar surface area (TPSA) is 75.3 Å². The van der Waals surface area contributed by atoms with E-state index in [1.54, 1.807) is 24.5 Å². The SMILES string of the molecule is N#Cc1cc(-c2ccccn2)nnc1-c1ccccn1. The van der Waals surface area contributed by atoms with Gasteiger partial charge in [0.25, 0.3) is 0 Å². The van der Waals surface area contributed by atoms with Crippen molar-refractivity contribution in [1.29, 1.82) is 5.26 Å². The summed E-state index contributed by atoms with van der Waals surface area (Å²) < 4.78 is 0. The molecule has 0 bridgehead atoms. The van der Waals surface area contributed by atoms with E-state index in [2.05, 4.69) is 26.2 Å². The van der Waals surface area contributed by atoms with Gasteiger partial charge < -0.3 is 0 Å². The summed E-state index contributed by atoms with van der Waals surface area (Å²) in [6.45, 7) is 0. The van der Waals surface area contributed by atoms with Gasteiger partial charge in [0, 0.05) is 12.4 Å². The van der Waals surface area contributed by atoms with Gasteiger partial charge in [-0.25, -0.2) is 0 Å². The lowest BCUT2D eigenvalue weighted by molar-refractivity contribution is 1.02. The van der Waals surface area contributed by atoms with Crippen LogP contribution in [-0.4, -0.2) is 20.2 Å². The Morgan fingerprint density at radius 3 is 2.10 bits per heavy atom. The minimum absolute atomic E-state index is 0.430. The van der Waals surface area contributed by atoms with E-state index in [4.69, 9.17) is 0 Å². The Morgan fingerprint density at radius 1 is 0.800 bits per heavy atom. The number of hydrogen-bond donors (Lipinski definition) is 0. The minimum atomic E-state index is 0.430. The van der Waals surface area contributed by atoms with Crippen LogP contribution in [0.3, 0.4) is 0 Å². The zero-order valence-corrected chi connectivity index (χ0v) is 10.4. The van der Waals surface area contributed by atoms with Crippen molar-refractivity contribution < 1.29 is 0 Å². The molecule has 0 spiro atoms. The predicted molar refractivity (Wildman–Crippen MR) is 73.2 cm³/mol. The molecule has 0 radical (unpaired) electrons. The van der Waals surface area contributed by atoms with E-state index in [9.17, 15) is 5.26 Å². The third kappa shape index (κ3) is 2.22. The summed E-state index contributed by atoms with van der Waals surface area (Å²) in [5, 5.41) is 17.5. The van der Waals surface area contributed by atoms with E-state index >= 15 is 0 Å². The fourth-order valence-electron chi connectivity index (χ4n) is 1.81. The lowest BCUT2D eigenvalue weighted by Gasteiger charge is -2.03. The molecule has 3 rings (SSSR count). The van der Waals surface area contributed by atoms with E-state index in [0.29, 0.717) is 28.3 Å². The van der Waals surface area contributed by atoms with Crippen LogP contribution in [-0.2, 0) is 0 Å². The highest BCUT2D eigenvalue weighted by Crippen LogP contribution is 2.21. The third-order valence-corrected chi connectivity index (χ3v) is 2.75. The van der Waals surface area contributed by atoms with Crippen LogP contribution in [0.25, 0.3) is 22.8 Å². The number of aromatic nitrogens is 4. The Labute approximate surface area is 115 Å². The largest absolute Gasteiger partial charge is 0.255 e. The number of pyridine rings is 2. The molecule has 0 amide bonds. The first-order chi connectivity index (χ1) is 9.88. The molecule has 0 N–H and O–H groups in total. The Morgan fingerprint density at radius 2 is 1.50 bits per heavy atom. The Hall–Kier alpha value is -3.13. The van der Waals surface area contributed by atoms with Gasteiger partial charge in [-0.2, -0.15) is 5.26 Å². The van der Waals surface area contributed by atoms with Crippen molar-refractivity contribution >= 4 is 0 Å². The van der Waals surface area contributed by atoms with Gasteiger partial charge in [0.1, 0.15) is 17.5 Å². The number of hydrogen-bond acceptors (Lipinski definition) is 5. The van der Waals surface area contributed by atoms with Crippen LogP contribution in [0, 0.1) is 11.3 Å². The maximum Gasteiger partial charge on any atom is 0.129 e. The fourth-order valence-corrected chi connectivity index (χ4v) is 1.81. The number of nitriles is 1. The van der Waals surface area contributed by atoms with E-state index in [1.165, 1.54) is 0 Å². The van der Waals surface area contributed by atoms with Crippen LogP contribution in [0.1, 0.15) is 5.56 Å². The first-order valence-corrected chi connectivity index (χ1v) is 5.99. The molecular formula is C15H9N5. The van der Waals surface area contributed by atoms with Crippen LogP contribution >= 0.6 is 0 Å². The quantitative estimate of drug-likeness (QED) is 0.706. The molecule has 3 aromatic rings. The monoisotopic (exact) mass is 259 g/mol. The van der Waals surface area contributed by atoms with Crippen LogP contribution in [0.5, 0.6) is 0 Å². The van der Waals surface area contributed by atoms with Crippen LogP contribution in [0.4, 0.5) is 0 Å². The van der Waals surface area contributed by atoms with Gasteiger partial charge in [0.05, 0.1) is 17.0 Å². The average Bonchev–Trinajstić information content (AvgIpc) is 2.56. The van der Waals surface area contributed by atoms with Crippen molar-refractivity contribution in [3.8, 4) is 28.8 Å². The van der Waals surface area contributed by atoms with Crippen LogP contribution in [0.15, 0.2) is 54.9 Å². The summed E-state index contributed by atoms with van der Waals surface area (Å²) >= 11 is 0. The third-order valence-electron chi connectivity index (χ3n) is 2.75. The summed E-state index contributed by atoms with van der Waals surface area (Å²) in [5.41, 5.74) is 2.79. The maximum absolute atomic E-state index is 9.29. The molecule has 0 unspecified atom stereocenters. The first kappa shape index (κ1) is 11.9. The predicted octanol–water partition coefficient (Wildman–Crippen LogP) is 2.47. The molecule has 5 nitrogen and oxygen atoms in total. The molecule has 0 aliphatic heterocycles. The first-order valence-electron chi connectivity index (χ1n) is 5.99. The molecule has 0 aromatic carbocycles. The van der Waals surface area contributed by atoms with Crippen molar-refractivity contribution in [2.24, 2.45) is 0 Å². The molecule has 3 aromatic heterocycles. The zero-order chi connectivity index (χ0) is 13.8. The molecule has 3 heterocycles. The molecule has 0 atom stereocenters. The van der Waals surface area contributed by atoms with Crippen LogP contribution < -0.4 is 0 Å². The molecule has 0 fully saturated rings. The van der Waals surface area contributed by atoms with E-state index in [-0.39, 0.29) is 0 Å². The van der Waals surface area contributed by atoms with Gasteiger partial charge in [-0.05, 0) is 30.3 Å². The van der Waals surface area contributed by atoms with Gasteiger partial charge in [-0.3, -0.25) is 9.97 Å². The summed E-state index contributed by atoms with van der Waals surface area (Å²) in [6.07, 6.45) is 3.33. The molecule has 0 saturated heterocycles. The second-order valence-electron chi connectivity index (χ2n) is 4.03. The van der Waals surface area contributed by atoms with E-state index < -0.39 is 0 Å². The van der Waals surface area contributed by atoms with E-state index in [0.717, 1.165) is 0 Å². The normalized spacial score (nSPS) is 9.95. The molecule has 5 heteroatoms. The number of nitrogens with zero attached hydrogens (tertiary/aromatic N) is 5. The Balaban J connectivity index is 2.11. The van der Waals surface area contributed by atoms with Gasteiger partial charge >= 0.3 is 0 Å². The van der Waals surface area contributed by atoms with Gasteiger partial charge in [-0.1, -0.05) is 12.1 Å². The highest BCUT2D eigenvalue weighted by atomic mass is 15.1. The van der Waals surface area contributed by atoms with Crippen molar-refractivity contribution in [3.63, 3.8) is 0 Å². The molecule has 0 aliphatic rings. The summed E-state index contributed by atoms with van der Waals surface area (Å²) in [5.74, 6) is 0. The van der Waals surface area contributed by atoms with Crippen molar-refractivity contribution in [2.45, 2.75) is 0 Å². The molecule has 0 aliphatic carbocycles. The fraction of sp³-hybridized carbons (Fsp3) is 0. The highest BCUT2D eigenvalue weighted by molar-refractivity contribution is 5.66. The molecule has 94 valence electrons. The van der Waals surface area contributed by atoms with Crippen molar-refractivity contribution in [2.75, 3.05) is 0 Å². The Bertz CT molecular complexity index is 763. The molecule has 0 saturated carbocycles. The molecule has 20 heavy (non-hydrogen) atoms. The summed E-state index contributed by atoms with van der Waals surface area (Å²) in [6, 6.07) is 14.8. The lowest BCUT2D eigenvalue weighted by Crippen LogP contribution is -1.97. The summed E-state index contributed by atoms with van der Waals surface area (Å²) in [4.78, 5) is 8.39. The second-order valence-corrected chi connectivity index (χ2v) is 4.03. The number of rotatable bonds is 2. The zero-order valence-electron chi connectivity index (χ0n) is 10.4.